The van der Waals surface area contributed by atoms with E-state index >= 15 is 0 Å². The van der Waals surface area contributed by atoms with Gasteiger partial charge in [0.05, 0.1) is 11.5 Å². The summed E-state index contributed by atoms with van der Waals surface area (Å²) in [5.74, 6) is 1.16. The van der Waals surface area contributed by atoms with Gasteiger partial charge in [0.2, 0.25) is 0 Å². The molecule has 0 N–H and O–H groups in total. The van der Waals surface area contributed by atoms with E-state index in [0.29, 0.717) is 17.3 Å². The maximum atomic E-state index is 11.5. The third-order valence-electron chi connectivity index (χ3n) is 3.28. The fourth-order valence-corrected chi connectivity index (χ4v) is 4.87. The Bertz CT molecular complexity index is 499. The topological polar surface area (TPSA) is 34.1 Å². The molecule has 2 nitrogen and oxygen atoms in total. The van der Waals surface area contributed by atoms with Gasteiger partial charge in [-0.2, -0.15) is 0 Å². The van der Waals surface area contributed by atoms with Crippen molar-refractivity contribution in [3.63, 3.8) is 0 Å². The molecule has 2 rings (SSSR count). The van der Waals surface area contributed by atoms with Gasteiger partial charge < -0.3 is 0 Å². The molecule has 1 aromatic carbocycles. The largest absolute Gasteiger partial charge is 0.229 e. The number of benzene rings is 1. The Morgan fingerprint density at radius 1 is 1.41 bits per heavy atom. The Labute approximate surface area is 112 Å². The highest BCUT2D eigenvalue weighted by Gasteiger charge is 2.33. The van der Waals surface area contributed by atoms with E-state index in [-0.39, 0.29) is 23.3 Å². The average Bonchev–Trinajstić information content (AvgIpc) is 2.60. The summed E-state index contributed by atoms with van der Waals surface area (Å²) in [4.78, 5) is 0. The molecule has 94 valence electrons. The number of halogens is 2. The van der Waals surface area contributed by atoms with Gasteiger partial charge in [-0.05, 0) is 30.0 Å². The van der Waals surface area contributed by atoms with Crippen LogP contribution in [-0.4, -0.2) is 25.8 Å². The van der Waals surface area contributed by atoms with Gasteiger partial charge in [-0.25, -0.2) is 8.42 Å². The summed E-state index contributed by atoms with van der Waals surface area (Å²) in [5, 5.41) is 0.665. The first-order chi connectivity index (χ1) is 8.02. The molecular formula is C12H14Cl2O2S. The third kappa shape index (κ3) is 3.15. The summed E-state index contributed by atoms with van der Waals surface area (Å²) < 4.78 is 23.0. The number of hydrogen-bond donors (Lipinski definition) is 0. The molecule has 1 saturated heterocycles. The monoisotopic (exact) mass is 292 g/mol. The maximum Gasteiger partial charge on any atom is 0.150 e. The molecular weight excluding hydrogens is 279 g/mol. The van der Waals surface area contributed by atoms with E-state index in [9.17, 15) is 8.42 Å². The maximum absolute atomic E-state index is 11.5. The molecule has 17 heavy (non-hydrogen) atoms. The van der Waals surface area contributed by atoms with Crippen LogP contribution in [0.3, 0.4) is 0 Å². The summed E-state index contributed by atoms with van der Waals surface area (Å²) in [5.41, 5.74) is 1.04. The van der Waals surface area contributed by atoms with Crippen LogP contribution in [0.15, 0.2) is 24.3 Å². The number of sulfone groups is 1. The van der Waals surface area contributed by atoms with Gasteiger partial charge in [-0.1, -0.05) is 23.7 Å². The molecule has 2 unspecified atom stereocenters. The van der Waals surface area contributed by atoms with E-state index in [1.54, 1.807) is 0 Å². The Morgan fingerprint density at radius 3 is 2.71 bits per heavy atom. The second-order valence-electron chi connectivity index (χ2n) is 4.48. The van der Waals surface area contributed by atoms with Crippen LogP contribution in [0, 0.1) is 5.92 Å². The first kappa shape index (κ1) is 13.2. The van der Waals surface area contributed by atoms with E-state index in [1.165, 1.54) is 0 Å². The van der Waals surface area contributed by atoms with Gasteiger partial charge in [-0.3, -0.25) is 0 Å². The molecule has 1 aromatic rings. The van der Waals surface area contributed by atoms with Crippen LogP contribution in [0.1, 0.15) is 17.9 Å². The fourth-order valence-electron chi connectivity index (χ4n) is 2.37. The molecule has 0 amide bonds. The minimum Gasteiger partial charge on any atom is -0.229 e. The van der Waals surface area contributed by atoms with Crippen molar-refractivity contribution in [1.29, 1.82) is 0 Å². The van der Waals surface area contributed by atoms with Gasteiger partial charge in [0.15, 0.2) is 9.84 Å². The average molecular weight is 293 g/mol. The van der Waals surface area contributed by atoms with Crippen molar-refractivity contribution in [2.45, 2.75) is 12.3 Å². The van der Waals surface area contributed by atoms with Gasteiger partial charge in [-0.15, -0.1) is 11.6 Å². The Balaban J connectivity index is 2.23. The van der Waals surface area contributed by atoms with E-state index in [2.05, 4.69) is 0 Å². The summed E-state index contributed by atoms with van der Waals surface area (Å²) in [7, 11) is -2.86. The van der Waals surface area contributed by atoms with Crippen LogP contribution in [0.5, 0.6) is 0 Å². The molecule has 0 spiro atoms. The SMILES string of the molecule is O=S1(=O)CCC(C(CCl)c2cccc(Cl)c2)C1. The van der Waals surface area contributed by atoms with Crippen molar-refractivity contribution in [2.24, 2.45) is 5.92 Å². The first-order valence-electron chi connectivity index (χ1n) is 5.54. The van der Waals surface area contributed by atoms with Crippen molar-refractivity contribution >= 4 is 33.0 Å². The van der Waals surface area contributed by atoms with Crippen LogP contribution in [-0.2, 0) is 9.84 Å². The zero-order valence-corrected chi connectivity index (χ0v) is 11.6. The minimum atomic E-state index is -2.86. The molecule has 1 aliphatic rings. The van der Waals surface area contributed by atoms with Gasteiger partial charge >= 0.3 is 0 Å². The molecule has 0 bridgehead atoms. The van der Waals surface area contributed by atoms with Crippen LogP contribution in [0.2, 0.25) is 5.02 Å². The molecule has 0 aliphatic carbocycles. The van der Waals surface area contributed by atoms with Gasteiger partial charge in [0, 0.05) is 16.8 Å². The normalized spacial score (nSPS) is 24.7. The van der Waals surface area contributed by atoms with Gasteiger partial charge in [0.1, 0.15) is 0 Å². The quantitative estimate of drug-likeness (QED) is 0.803. The summed E-state index contributed by atoms with van der Waals surface area (Å²) in [6, 6.07) is 7.52. The molecule has 1 heterocycles. The predicted octanol–water partition coefficient (Wildman–Crippen LogP) is 3.10. The molecule has 0 aromatic heterocycles. The van der Waals surface area contributed by atoms with Gasteiger partial charge in [0.25, 0.3) is 0 Å². The molecule has 1 fully saturated rings. The first-order valence-corrected chi connectivity index (χ1v) is 8.27. The van der Waals surface area contributed by atoms with Crippen LogP contribution < -0.4 is 0 Å². The van der Waals surface area contributed by atoms with E-state index in [1.807, 2.05) is 24.3 Å². The summed E-state index contributed by atoms with van der Waals surface area (Å²) in [6.45, 7) is 0. The Morgan fingerprint density at radius 2 is 2.18 bits per heavy atom. The Kier molecular flexibility index (Phi) is 4.01. The summed E-state index contributed by atoms with van der Waals surface area (Å²) in [6.07, 6.45) is 0.701. The molecule has 0 saturated carbocycles. The number of hydrogen-bond acceptors (Lipinski definition) is 2. The highest BCUT2D eigenvalue weighted by Crippen LogP contribution is 2.34. The number of alkyl halides is 1. The van der Waals surface area contributed by atoms with E-state index < -0.39 is 9.84 Å². The lowest BCUT2D eigenvalue weighted by atomic mass is 9.87. The smallest absolute Gasteiger partial charge is 0.150 e. The molecule has 1 aliphatic heterocycles. The van der Waals surface area contributed by atoms with E-state index in [4.69, 9.17) is 23.2 Å². The molecule has 5 heteroatoms. The van der Waals surface area contributed by atoms with Crippen molar-refractivity contribution in [1.82, 2.24) is 0 Å². The third-order valence-corrected chi connectivity index (χ3v) is 5.64. The lowest BCUT2D eigenvalue weighted by Gasteiger charge is -2.20. The second-order valence-corrected chi connectivity index (χ2v) is 7.45. The minimum absolute atomic E-state index is 0.0765. The van der Waals surface area contributed by atoms with Crippen LogP contribution in [0.25, 0.3) is 0 Å². The zero-order valence-electron chi connectivity index (χ0n) is 9.27. The molecule has 2 atom stereocenters. The lowest BCUT2D eigenvalue weighted by Crippen LogP contribution is -2.16. The standard InChI is InChI=1S/C12H14Cl2O2S/c13-7-12(9-2-1-3-11(14)6-9)10-4-5-17(15,16)8-10/h1-3,6,10,12H,4-5,7-8H2. The summed E-state index contributed by atoms with van der Waals surface area (Å²) >= 11 is 11.9. The fraction of sp³-hybridized carbons (Fsp3) is 0.500. The highest BCUT2D eigenvalue weighted by molar-refractivity contribution is 7.91. The van der Waals surface area contributed by atoms with Crippen molar-refractivity contribution in [3.05, 3.63) is 34.9 Å². The number of rotatable bonds is 3. The zero-order chi connectivity index (χ0) is 12.5. The molecule has 0 radical (unpaired) electrons. The highest BCUT2D eigenvalue weighted by atomic mass is 35.5. The lowest BCUT2D eigenvalue weighted by molar-refractivity contribution is 0.501. The van der Waals surface area contributed by atoms with Crippen molar-refractivity contribution in [2.75, 3.05) is 17.4 Å². The Hall–Kier alpha value is -0.250. The van der Waals surface area contributed by atoms with Crippen molar-refractivity contribution in [3.8, 4) is 0 Å². The van der Waals surface area contributed by atoms with E-state index in [0.717, 1.165) is 5.56 Å². The van der Waals surface area contributed by atoms with Crippen molar-refractivity contribution < 1.29 is 8.42 Å². The predicted molar refractivity (Wildman–Crippen MR) is 71.7 cm³/mol. The second kappa shape index (κ2) is 5.17. The van der Waals surface area contributed by atoms with Crippen LogP contribution >= 0.6 is 23.2 Å². The van der Waals surface area contributed by atoms with Crippen LogP contribution in [0.4, 0.5) is 0 Å².